The predicted octanol–water partition coefficient (Wildman–Crippen LogP) is 0.611. The van der Waals surface area contributed by atoms with Crippen LogP contribution in [0.5, 0.6) is 0 Å². The quantitative estimate of drug-likeness (QED) is 0.831. The van der Waals surface area contributed by atoms with Crippen LogP contribution < -0.4 is 11.5 Å². The van der Waals surface area contributed by atoms with Gasteiger partial charge in [0, 0.05) is 6.20 Å². The molecular formula is C12H13FN4O. The number of nitrogens with zero attached hydrogens (tertiary/aromatic N) is 2. The first-order chi connectivity index (χ1) is 8.60. The van der Waals surface area contributed by atoms with Gasteiger partial charge in [0.05, 0.1) is 17.4 Å². The van der Waals surface area contributed by atoms with Crippen molar-refractivity contribution in [1.82, 2.24) is 9.78 Å². The first-order valence-corrected chi connectivity index (χ1v) is 5.44. The maximum atomic E-state index is 13.4. The van der Waals surface area contributed by atoms with Gasteiger partial charge >= 0.3 is 0 Å². The lowest BCUT2D eigenvalue weighted by Crippen LogP contribution is -2.09. The zero-order valence-electron chi connectivity index (χ0n) is 9.64. The molecule has 1 aromatic heterocycles. The molecule has 0 aliphatic rings. The van der Waals surface area contributed by atoms with Gasteiger partial charge in [-0.15, -0.1) is 0 Å². The van der Waals surface area contributed by atoms with E-state index in [0.717, 1.165) is 5.56 Å². The van der Waals surface area contributed by atoms with Crippen molar-refractivity contribution in [2.45, 2.75) is 6.42 Å². The Kier molecular flexibility index (Phi) is 3.38. The van der Waals surface area contributed by atoms with Gasteiger partial charge in [-0.25, -0.2) is 9.07 Å². The molecule has 2 rings (SSSR count). The van der Waals surface area contributed by atoms with E-state index in [-0.39, 0.29) is 11.4 Å². The molecule has 0 saturated carbocycles. The second kappa shape index (κ2) is 4.97. The van der Waals surface area contributed by atoms with Crippen LogP contribution in [0.15, 0.2) is 30.6 Å². The summed E-state index contributed by atoms with van der Waals surface area (Å²) in [4.78, 5) is 11.0. The number of amides is 1. The lowest BCUT2D eigenvalue weighted by Gasteiger charge is -2.05. The SMILES string of the molecule is NCCc1cc(F)cc(-n2cc(C(N)=O)cn2)c1. The van der Waals surface area contributed by atoms with E-state index < -0.39 is 5.91 Å². The molecule has 4 N–H and O–H groups in total. The Morgan fingerprint density at radius 3 is 2.78 bits per heavy atom. The summed E-state index contributed by atoms with van der Waals surface area (Å²) in [6, 6.07) is 4.53. The van der Waals surface area contributed by atoms with Crippen LogP contribution in [0, 0.1) is 5.82 Å². The van der Waals surface area contributed by atoms with E-state index in [4.69, 9.17) is 11.5 Å². The highest BCUT2D eigenvalue weighted by molar-refractivity contribution is 5.92. The molecule has 0 bridgehead atoms. The van der Waals surface area contributed by atoms with Crippen LogP contribution in [0.3, 0.4) is 0 Å². The Balaban J connectivity index is 2.39. The Labute approximate surface area is 103 Å². The molecule has 18 heavy (non-hydrogen) atoms. The summed E-state index contributed by atoms with van der Waals surface area (Å²) in [7, 11) is 0. The third-order valence-corrected chi connectivity index (χ3v) is 2.51. The Hall–Kier alpha value is -2.21. The molecule has 6 heteroatoms. The van der Waals surface area contributed by atoms with E-state index in [1.807, 2.05) is 0 Å². The van der Waals surface area contributed by atoms with E-state index in [0.29, 0.717) is 18.7 Å². The number of carbonyl (C=O) groups is 1. The highest BCUT2D eigenvalue weighted by Gasteiger charge is 2.07. The van der Waals surface area contributed by atoms with Gasteiger partial charge in [-0.3, -0.25) is 4.79 Å². The van der Waals surface area contributed by atoms with Gasteiger partial charge in [-0.2, -0.15) is 5.10 Å². The van der Waals surface area contributed by atoms with Crippen molar-refractivity contribution in [3.63, 3.8) is 0 Å². The van der Waals surface area contributed by atoms with Gasteiger partial charge < -0.3 is 11.5 Å². The number of primary amides is 1. The number of hydrogen-bond donors (Lipinski definition) is 2. The number of rotatable bonds is 4. The third kappa shape index (κ3) is 2.54. The van der Waals surface area contributed by atoms with Crippen molar-refractivity contribution >= 4 is 5.91 Å². The third-order valence-electron chi connectivity index (χ3n) is 2.51. The van der Waals surface area contributed by atoms with Crippen molar-refractivity contribution in [3.05, 3.63) is 47.5 Å². The maximum Gasteiger partial charge on any atom is 0.251 e. The second-order valence-corrected chi connectivity index (χ2v) is 3.89. The summed E-state index contributed by atoms with van der Waals surface area (Å²) in [6.45, 7) is 0.439. The highest BCUT2D eigenvalue weighted by atomic mass is 19.1. The molecule has 2 aromatic rings. The molecule has 0 unspecified atom stereocenters. The zero-order valence-corrected chi connectivity index (χ0v) is 9.64. The topological polar surface area (TPSA) is 86.9 Å². The van der Waals surface area contributed by atoms with Gasteiger partial charge in [0.1, 0.15) is 5.82 Å². The van der Waals surface area contributed by atoms with E-state index >= 15 is 0 Å². The lowest BCUT2D eigenvalue weighted by atomic mass is 10.1. The van der Waals surface area contributed by atoms with Crippen LogP contribution in [0.4, 0.5) is 4.39 Å². The molecule has 0 saturated heterocycles. The van der Waals surface area contributed by atoms with Crippen molar-refractivity contribution in [2.24, 2.45) is 11.5 Å². The minimum Gasteiger partial charge on any atom is -0.366 e. The average Bonchev–Trinajstić information content (AvgIpc) is 2.78. The number of carbonyl (C=O) groups excluding carboxylic acids is 1. The van der Waals surface area contributed by atoms with E-state index in [1.165, 1.54) is 29.2 Å². The van der Waals surface area contributed by atoms with Gasteiger partial charge in [-0.05, 0) is 36.7 Å². The summed E-state index contributed by atoms with van der Waals surface area (Å²) in [5, 5.41) is 3.97. The van der Waals surface area contributed by atoms with E-state index in [2.05, 4.69) is 5.10 Å². The molecule has 0 spiro atoms. The number of aromatic nitrogens is 2. The van der Waals surface area contributed by atoms with E-state index in [9.17, 15) is 9.18 Å². The fourth-order valence-electron chi connectivity index (χ4n) is 1.67. The summed E-state index contributed by atoms with van der Waals surface area (Å²) < 4.78 is 14.8. The summed E-state index contributed by atoms with van der Waals surface area (Å²) in [6.07, 6.45) is 3.38. The Morgan fingerprint density at radius 1 is 1.39 bits per heavy atom. The van der Waals surface area contributed by atoms with Crippen LogP contribution in [0.1, 0.15) is 15.9 Å². The van der Waals surface area contributed by atoms with Gasteiger partial charge in [0.2, 0.25) is 0 Å². The molecular weight excluding hydrogens is 235 g/mol. The molecule has 5 nitrogen and oxygen atoms in total. The molecule has 0 aliphatic heterocycles. The first-order valence-electron chi connectivity index (χ1n) is 5.44. The molecule has 1 heterocycles. The molecule has 94 valence electrons. The van der Waals surface area contributed by atoms with Crippen LogP contribution in [0.2, 0.25) is 0 Å². The van der Waals surface area contributed by atoms with Crippen molar-refractivity contribution in [2.75, 3.05) is 6.54 Å². The maximum absolute atomic E-state index is 13.4. The van der Waals surface area contributed by atoms with Crippen LogP contribution >= 0.6 is 0 Å². The number of nitrogens with two attached hydrogens (primary N) is 2. The Morgan fingerprint density at radius 2 is 2.17 bits per heavy atom. The summed E-state index contributed by atoms with van der Waals surface area (Å²) in [5.41, 5.74) is 12.2. The fraction of sp³-hybridized carbons (Fsp3) is 0.167. The summed E-state index contributed by atoms with van der Waals surface area (Å²) in [5.74, 6) is -0.938. The second-order valence-electron chi connectivity index (χ2n) is 3.89. The normalized spacial score (nSPS) is 10.6. The monoisotopic (exact) mass is 248 g/mol. The fourth-order valence-corrected chi connectivity index (χ4v) is 1.67. The van der Waals surface area contributed by atoms with Crippen LogP contribution in [-0.4, -0.2) is 22.2 Å². The van der Waals surface area contributed by atoms with Gasteiger partial charge in [0.15, 0.2) is 0 Å². The molecule has 0 atom stereocenters. The number of halogens is 1. The zero-order chi connectivity index (χ0) is 13.1. The lowest BCUT2D eigenvalue weighted by molar-refractivity contribution is 0.100. The smallest absolute Gasteiger partial charge is 0.251 e. The number of hydrogen-bond acceptors (Lipinski definition) is 3. The molecule has 1 aromatic carbocycles. The molecule has 0 aliphatic carbocycles. The predicted molar refractivity (Wildman–Crippen MR) is 64.8 cm³/mol. The Bertz CT molecular complexity index is 579. The van der Waals surface area contributed by atoms with Gasteiger partial charge in [-0.1, -0.05) is 0 Å². The largest absolute Gasteiger partial charge is 0.366 e. The average molecular weight is 248 g/mol. The highest BCUT2D eigenvalue weighted by Crippen LogP contribution is 2.14. The van der Waals surface area contributed by atoms with Crippen molar-refractivity contribution in [1.29, 1.82) is 0 Å². The van der Waals surface area contributed by atoms with Crippen molar-refractivity contribution in [3.8, 4) is 5.69 Å². The van der Waals surface area contributed by atoms with Gasteiger partial charge in [0.25, 0.3) is 5.91 Å². The minimum atomic E-state index is -0.570. The first kappa shape index (κ1) is 12.3. The molecule has 0 fully saturated rings. The van der Waals surface area contributed by atoms with E-state index in [1.54, 1.807) is 6.07 Å². The van der Waals surface area contributed by atoms with Crippen molar-refractivity contribution < 1.29 is 9.18 Å². The summed E-state index contributed by atoms with van der Waals surface area (Å²) >= 11 is 0. The minimum absolute atomic E-state index is 0.277. The van der Waals surface area contributed by atoms with Crippen LogP contribution in [0.25, 0.3) is 5.69 Å². The van der Waals surface area contributed by atoms with Crippen LogP contribution in [-0.2, 0) is 6.42 Å². The standard InChI is InChI=1S/C12H13FN4O/c13-10-3-8(1-2-14)4-11(5-10)17-7-9(6-16-17)12(15)18/h3-7H,1-2,14H2,(H2,15,18). The molecule has 1 amide bonds. The molecule has 0 radical (unpaired) electrons. The number of benzene rings is 1.